The lowest BCUT2D eigenvalue weighted by Crippen LogP contribution is -2.13. The number of nitro groups is 1. The lowest BCUT2D eigenvalue weighted by Gasteiger charge is -2.11. The molecule has 0 radical (unpaired) electrons. The van der Waals surface area contributed by atoms with E-state index in [1.165, 1.54) is 22.8 Å². The van der Waals surface area contributed by atoms with Crippen LogP contribution in [-0.2, 0) is 22.6 Å². The molecule has 0 spiro atoms. The summed E-state index contributed by atoms with van der Waals surface area (Å²) in [5.74, 6) is -1.04. The Bertz CT molecular complexity index is 1120. The van der Waals surface area contributed by atoms with Crippen LogP contribution in [0.5, 0.6) is 0 Å². The summed E-state index contributed by atoms with van der Waals surface area (Å²) in [7, 11) is 0. The summed E-state index contributed by atoms with van der Waals surface area (Å²) >= 11 is 0. The van der Waals surface area contributed by atoms with Crippen molar-refractivity contribution in [2.24, 2.45) is 5.73 Å². The second-order valence-electron chi connectivity index (χ2n) is 6.51. The fraction of sp³-hybridized carbons (Fsp3) is 0.263. The number of hydrogen-bond donors (Lipinski definition) is 1. The van der Waals surface area contributed by atoms with Crippen LogP contribution in [0.15, 0.2) is 30.5 Å². The van der Waals surface area contributed by atoms with Crippen molar-refractivity contribution in [1.29, 1.82) is 0 Å². The van der Waals surface area contributed by atoms with Gasteiger partial charge in [0.05, 0.1) is 11.1 Å². The van der Waals surface area contributed by atoms with Crippen molar-refractivity contribution in [1.82, 2.24) is 14.6 Å². The number of aromatic nitrogens is 3. The monoisotopic (exact) mass is 397 g/mol. The van der Waals surface area contributed by atoms with Crippen molar-refractivity contribution in [3.63, 3.8) is 0 Å². The van der Waals surface area contributed by atoms with Gasteiger partial charge in [0.2, 0.25) is 0 Å². The van der Waals surface area contributed by atoms with E-state index in [0.717, 1.165) is 11.3 Å². The third-order valence-electron chi connectivity index (χ3n) is 4.57. The van der Waals surface area contributed by atoms with Gasteiger partial charge in [-0.1, -0.05) is 12.1 Å². The Morgan fingerprint density at radius 3 is 2.76 bits per heavy atom. The summed E-state index contributed by atoms with van der Waals surface area (Å²) in [6.07, 6.45) is 1.85. The molecule has 2 aromatic heterocycles. The molecule has 2 N–H and O–H groups in total. The van der Waals surface area contributed by atoms with Crippen molar-refractivity contribution in [3.8, 4) is 0 Å². The van der Waals surface area contributed by atoms with Crippen molar-refractivity contribution >= 4 is 23.2 Å². The number of non-ortho nitro benzene ring substituents is 1. The van der Waals surface area contributed by atoms with E-state index in [1.807, 2.05) is 6.92 Å². The number of benzene rings is 1. The third kappa shape index (κ3) is 4.21. The fourth-order valence-corrected chi connectivity index (χ4v) is 3.07. The molecule has 0 bridgehead atoms. The molecule has 3 aromatic rings. The van der Waals surface area contributed by atoms with Crippen molar-refractivity contribution < 1.29 is 19.2 Å². The van der Waals surface area contributed by atoms with Crippen LogP contribution in [0.1, 0.15) is 39.3 Å². The molecule has 10 nitrogen and oxygen atoms in total. The maximum atomic E-state index is 12.1. The van der Waals surface area contributed by atoms with E-state index in [0.29, 0.717) is 23.3 Å². The second-order valence-corrected chi connectivity index (χ2v) is 6.51. The predicted octanol–water partition coefficient (Wildman–Crippen LogP) is 2.03. The minimum atomic E-state index is -0.608. The van der Waals surface area contributed by atoms with Gasteiger partial charge in [-0.3, -0.25) is 19.7 Å². The fourth-order valence-electron chi connectivity index (χ4n) is 3.07. The lowest BCUT2D eigenvalue weighted by atomic mass is 10.1. The van der Waals surface area contributed by atoms with E-state index >= 15 is 0 Å². The summed E-state index contributed by atoms with van der Waals surface area (Å²) in [5, 5.41) is 15.0. The SMILES string of the molecule is Cc1nc2c(C(N)=O)cnn2c(C)c1CCC(=O)OCc1cccc([N+](=O)[O-])c1. The summed E-state index contributed by atoms with van der Waals surface area (Å²) < 4.78 is 6.75. The highest BCUT2D eigenvalue weighted by Crippen LogP contribution is 2.19. The summed E-state index contributed by atoms with van der Waals surface area (Å²) in [6.45, 7) is 3.56. The van der Waals surface area contributed by atoms with Gasteiger partial charge in [0.15, 0.2) is 5.65 Å². The Hall–Kier alpha value is -3.82. The van der Waals surface area contributed by atoms with Crippen LogP contribution in [0, 0.1) is 24.0 Å². The number of primary amides is 1. The van der Waals surface area contributed by atoms with Gasteiger partial charge < -0.3 is 10.5 Å². The maximum Gasteiger partial charge on any atom is 0.306 e. The molecule has 3 rings (SSSR count). The number of hydrogen-bond acceptors (Lipinski definition) is 7. The van der Waals surface area contributed by atoms with E-state index in [9.17, 15) is 19.7 Å². The molecule has 2 heterocycles. The highest BCUT2D eigenvalue weighted by Gasteiger charge is 2.17. The Balaban J connectivity index is 1.67. The molecule has 150 valence electrons. The van der Waals surface area contributed by atoms with Crippen LogP contribution in [0.3, 0.4) is 0 Å². The molecule has 1 amide bonds. The highest BCUT2D eigenvalue weighted by atomic mass is 16.6. The Labute approximate surface area is 165 Å². The zero-order valence-corrected chi connectivity index (χ0v) is 15.9. The molecule has 0 fully saturated rings. The standard InChI is InChI=1S/C19H19N5O5/c1-11-15(12(2)23-19(22-11)16(9-21-23)18(20)26)6-7-17(25)29-10-13-4-3-5-14(8-13)24(27)28/h3-5,8-9H,6-7,10H2,1-2H3,(H2,20,26). The number of nitrogens with zero attached hydrogens (tertiary/aromatic N) is 4. The third-order valence-corrected chi connectivity index (χ3v) is 4.57. The number of aryl methyl sites for hydroxylation is 2. The second kappa shape index (κ2) is 8.05. The van der Waals surface area contributed by atoms with Crippen LogP contribution in [0.2, 0.25) is 0 Å². The number of ether oxygens (including phenoxy) is 1. The first-order chi connectivity index (χ1) is 13.8. The number of fused-ring (bicyclic) bond motifs is 1. The molecule has 0 aliphatic rings. The number of rotatable bonds is 7. The summed E-state index contributed by atoms with van der Waals surface area (Å²) in [4.78, 5) is 38.3. The molecule has 1 aromatic carbocycles. The number of nitrogens with two attached hydrogens (primary N) is 1. The molecule has 0 aliphatic carbocycles. The molecule has 0 saturated carbocycles. The van der Waals surface area contributed by atoms with Crippen molar-refractivity contribution in [3.05, 3.63) is 68.7 Å². The van der Waals surface area contributed by atoms with E-state index in [4.69, 9.17) is 10.5 Å². The van der Waals surface area contributed by atoms with Gasteiger partial charge in [-0.15, -0.1) is 0 Å². The molecule has 0 aliphatic heterocycles. The normalized spacial score (nSPS) is 10.8. The zero-order valence-electron chi connectivity index (χ0n) is 15.9. The first kappa shape index (κ1) is 19.9. The van der Waals surface area contributed by atoms with E-state index in [1.54, 1.807) is 19.1 Å². The van der Waals surface area contributed by atoms with Gasteiger partial charge in [-0.2, -0.15) is 5.10 Å². The average Bonchev–Trinajstić information content (AvgIpc) is 3.10. The summed E-state index contributed by atoms with van der Waals surface area (Å²) in [5.41, 5.74) is 8.69. The van der Waals surface area contributed by atoms with E-state index in [2.05, 4.69) is 10.1 Å². The molecule has 0 saturated heterocycles. The van der Waals surface area contributed by atoms with Crippen molar-refractivity contribution in [2.45, 2.75) is 33.3 Å². The van der Waals surface area contributed by atoms with Crippen LogP contribution in [0.25, 0.3) is 5.65 Å². The minimum absolute atomic E-state index is 0.0448. The largest absolute Gasteiger partial charge is 0.461 e. The molecular weight excluding hydrogens is 378 g/mol. The first-order valence-corrected chi connectivity index (χ1v) is 8.80. The van der Waals surface area contributed by atoms with Crippen LogP contribution >= 0.6 is 0 Å². The van der Waals surface area contributed by atoms with Gasteiger partial charge in [-0.25, -0.2) is 9.50 Å². The summed E-state index contributed by atoms with van der Waals surface area (Å²) in [6, 6.07) is 5.94. The number of carbonyl (C=O) groups is 2. The lowest BCUT2D eigenvalue weighted by molar-refractivity contribution is -0.384. The smallest absolute Gasteiger partial charge is 0.306 e. The van der Waals surface area contributed by atoms with Crippen LogP contribution < -0.4 is 5.73 Å². The number of amides is 1. The number of nitro benzene ring substituents is 1. The topological polar surface area (TPSA) is 143 Å². The van der Waals surface area contributed by atoms with Crippen LogP contribution in [-0.4, -0.2) is 31.4 Å². The zero-order chi connectivity index (χ0) is 21.1. The first-order valence-electron chi connectivity index (χ1n) is 8.80. The maximum absolute atomic E-state index is 12.1. The van der Waals surface area contributed by atoms with Crippen molar-refractivity contribution in [2.75, 3.05) is 0 Å². The van der Waals surface area contributed by atoms with E-state index in [-0.39, 0.29) is 24.3 Å². The van der Waals surface area contributed by atoms with Gasteiger partial charge in [0.1, 0.15) is 12.2 Å². The predicted molar refractivity (Wildman–Crippen MR) is 102 cm³/mol. The minimum Gasteiger partial charge on any atom is -0.461 e. The number of carbonyl (C=O) groups excluding carboxylic acids is 2. The Morgan fingerprint density at radius 2 is 2.07 bits per heavy atom. The molecule has 29 heavy (non-hydrogen) atoms. The van der Waals surface area contributed by atoms with Gasteiger partial charge >= 0.3 is 5.97 Å². The molecule has 0 atom stereocenters. The molecule has 10 heteroatoms. The Kier molecular flexibility index (Phi) is 5.53. The van der Waals surface area contributed by atoms with Crippen LogP contribution in [0.4, 0.5) is 5.69 Å². The average molecular weight is 397 g/mol. The molecular formula is C19H19N5O5. The van der Waals surface area contributed by atoms with E-state index < -0.39 is 16.8 Å². The number of esters is 1. The van der Waals surface area contributed by atoms with Gasteiger partial charge in [0, 0.05) is 29.9 Å². The van der Waals surface area contributed by atoms with Gasteiger partial charge in [-0.05, 0) is 31.4 Å². The Morgan fingerprint density at radius 1 is 1.31 bits per heavy atom. The van der Waals surface area contributed by atoms with Gasteiger partial charge in [0.25, 0.3) is 11.6 Å². The quantitative estimate of drug-likeness (QED) is 0.365. The molecule has 0 unspecified atom stereocenters. The highest BCUT2D eigenvalue weighted by molar-refractivity contribution is 5.98.